The number of hydrogen-bond donors (Lipinski definition) is 0. The quantitative estimate of drug-likeness (QED) is 0.688. The van der Waals surface area contributed by atoms with Crippen LogP contribution in [-0.4, -0.2) is 48.3 Å². The minimum Gasteiger partial charge on any atom is -0.337 e. The van der Waals surface area contributed by atoms with Crippen molar-refractivity contribution in [3.8, 4) is 11.3 Å². The predicted molar refractivity (Wildman–Crippen MR) is 90.1 cm³/mol. The fourth-order valence-electron chi connectivity index (χ4n) is 3.35. The molecule has 7 nitrogen and oxygen atoms in total. The lowest BCUT2D eigenvalue weighted by Crippen LogP contribution is -2.28. The highest BCUT2D eigenvalue weighted by atomic mass is 19.4. The van der Waals surface area contributed by atoms with Gasteiger partial charge in [0.25, 0.3) is 5.91 Å². The van der Waals surface area contributed by atoms with E-state index in [1.54, 1.807) is 25.1 Å². The van der Waals surface area contributed by atoms with E-state index in [-0.39, 0.29) is 22.9 Å². The van der Waals surface area contributed by atoms with Gasteiger partial charge >= 0.3 is 6.18 Å². The molecule has 0 aromatic carbocycles. The first-order valence-electron chi connectivity index (χ1n) is 8.52. The van der Waals surface area contributed by atoms with E-state index < -0.39 is 11.9 Å². The lowest BCUT2D eigenvalue weighted by atomic mass is 10.1. The number of amides is 1. The second-order valence-corrected chi connectivity index (χ2v) is 6.63. The number of hydrogen-bond acceptors (Lipinski definition) is 4. The van der Waals surface area contributed by atoms with E-state index in [1.807, 2.05) is 0 Å². The third kappa shape index (κ3) is 3.04. The highest BCUT2D eigenvalue weighted by Gasteiger charge is 2.36. The van der Waals surface area contributed by atoms with Crippen molar-refractivity contribution >= 4 is 11.6 Å². The van der Waals surface area contributed by atoms with Gasteiger partial charge in [-0.1, -0.05) is 0 Å². The zero-order valence-electron chi connectivity index (χ0n) is 14.8. The Labute approximate surface area is 152 Å². The Bertz CT molecular complexity index is 1030. The second-order valence-electron chi connectivity index (χ2n) is 6.63. The molecule has 4 rings (SSSR count). The topological polar surface area (TPSA) is 68.3 Å². The average molecular weight is 378 g/mol. The molecule has 0 spiro atoms. The van der Waals surface area contributed by atoms with Crippen molar-refractivity contribution in [1.29, 1.82) is 0 Å². The minimum absolute atomic E-state index is 0.0226. The van der Waals surface area contributed by atoms with Crippen LogP contribution in [0.4, 0.5) is 13.2 Å². The third-order valence-corrected chi connectivity index (χ3v) is 4.62. The van der Waals surface area contributed by atoms with E-state index >= 15 is 0 Å². The van der Waals surface area contributed by atoms with E-state index in [1.165, 1.54) is 10.7 Å². The first-order chi connectivity index (χ1) is 12.7. The zero-order valence-corrected chi connectivity index (χ0v) is 14.8. The summed E-state index contributed by atoms with van der Waals surface area (Å²) in [7, 11) is 1.69. The van der Waals surface area contributed by atoms with Crippen LogP contribution in [0.1, 0.15) is 34.7 Å². The number of alkyl halides is 3. The molecule has 3 aromatic heterocycles. The molecule has 0 saturated carbocycles. The molecular formula is C17H17F3N6O. The van der Waals surface area contributed by atoms with Gasteiger partial charge in [0.2, 0.25) is 0 Å². The minimum atomic E-state index is -4.65. The summed E-state index contributed by atoms with van der Waals surface area (Å²) in [6.45, 7) is 2.88. The molecule has 0 aliphatic carbocycles. The van der Waals surface area contributed by atoms with Gasteiger partial charge in [-0.2, -0.15) is 23.4 Å². The summed E-state index contributed by atoms with van der Waals surface area (Å²) in [5, 5.41) is 8.07. The third-order valence-electron chi connectivity index (χ3n) is 4.62. The smallest absolute Gasteiger partial charge is 0.337 e. The van der Waals surface area contributed by atoms with Crippen LogP contribution in [0.2, 0.25) is 0 Å². The van der Waals surface area contributed by atoms with Crippen molar-refractivity contribution < 1.29 is 18.0 Å². The lowest BCUT2D eigenvalue weighted by Gasteiger charge is -2.12. The summed E-state index contributed by atoms with van der Waals surface area (Å²) >= 11 is 0. The van der Waals surface area contributed by atoms with Crippen LogP contribution in [0, 0.1) is 6.92 Å². The molecule has 4 heterocycles. The van der Waals surface area contributed by atoms with Gasteiger partial charge in [0, 0.05) is 38.0 Å². The van der Waals surface area contributed by atoms with Crippen LogP contribution in [-0.2, 0) is 13.2 Å². The van der Waals surface area contributed by atoms with Crippen LogP contribution in [0.15, 0.2) is 18.3 Å². The van der Waals surface area contributed by atoms with E-state index in [0.717, 1.165) is 18.9 Å². The first-order valence-corrected chi connectivity index (χ1v) is 8.52. The highest BCUT2D eigenvalue weighted by Crippen LogP contribution is 2.33. The summed E-state index contributed by atoms with van der Waals surface area (Å²) in [5.41, 5.74) is 0.168. The number of carbonyl (C=O) groups is 1. The van der Waals surface area contributed by atoms with Gasteiger partial charge in [0.05, 0.1) is 11.4 Å². The van der Waals surface area contributed by atoms with Crippen molar-refractivity contribution in [1.82, 2.24) is 29.3 Å². The molecule has 1 aliphatic rings. The summed E-state index contributed by atoms with van der Waals surface area (Å²) in [5.74, 6) is -0.370. The Kier molecular flexibility index (Phi) is 3.93. The van der Waals surface area contributed by atoms with Gasteiger partial charge in [-0.05, 0) is 25.8 Å². The van der Waals surface area contributed by atoms with Crippen LogP contribution < -0.4 is 0 Å². The lowest BCUT2D eigenvalue weighted by molar-refractivity contribution is -0.142. The van der Waals surface area contributed by atoms with E-state index in [0.29, 0.717) is 28.9 Å². The van der Waals surface area contributed by atoms with Crippen LogP contribution in [0.5, 0.6) is 0 Å². The summed E-state index contributed by atoms with van der Waals surface area (Å²) in [6, 6.07) is 2.25. The highest BCUT2D eigenvalue weighted by molar-refractivity contribution is 5.93. The Morgan fingerprint density at radius 2 is 1.85 bits per heavy atom. The molecule has 0 atom stereocenters. The molecule has 0 N–H and O–H groups in total. The second kappa shape index (κ2) is 6.07. The molecule has 10 heteroatoms. The number of carbonyl (C=O) groups excluding carboxylic acids is 1. The number of aryl methyl sites for hydroxylation is 2. The molecule has 0 radical (unpaired) electrons. The van der Waals surface area contributed by atoms with E-state index in [2.05, 4.69) is 15.2 Å². The molecule has 1 aliphatic heterocycles. The van der Waals surface area contributed by atoms with Gasteiger partial charge in [-0.25, -0.2) is 9.50 Å². The van der Waals surface area contributed by atoms with Gasteiger partial charge in [-0.3, -0.25) is 9.48 Å². The Morgan fingerprint density at radius 3 is 2.44 bits per heavy atom. The maximum atomic E-state index is 13.6. The normalized spacial score (nSPS) is 15.1. The van der Waals surface area contributed by atoms with Gasteiger partial charge in [-0.15, -0.1) is 0 Å². The monoisotopic (exact) mass is 378 g/mol. The average Bonchev–Trinajstić information content (AvgIpc) is 3.31. The fourth-order valence-corrected chi connectivity index (χ4v) is 3.35. The number of halogens is 3. The zero-order chi connectivity index (χ0) is 19.3. The van der Waals surface area contributed by atoms with Crippen LogP contribution in [0.25, 0.3) is 16.9 Å². The molecule has 1 fully saturated rings. The Morgan fingerprint density at radius 1 is 1.15 bits per heavy atom. The van der Waals surface area contributed by atoms with Crippen molar-refractivity contribution in [2.45, 2.75) is 25.9 Å². The molecule has 0 unspecified atom stereocenters. The number of rotatable bonds is 2. The van der Waals surface area contributed by atoms with Gasteiger partial charge in [0.1, 0.15) is 0 Å². The van der Waals surface area contributed by atoms with Crippen LogP contribution in [0.3, 0.4) is 0 Å². The number of nitrogens with zero attached hydrogens (tertiary/aromatic N) is 6. The first kappa shape index (κ1) is 17.5. The number of aromatic nitrogens is 5. The van der Waals surface area contributed by atoms with Crippen molar-refractivity contribution in [2.24, 2.45) is 7.05 Å². The largest absolute Gasteiger partial charge is 0.433 e. The molecule has 1 saturated heterocycles. The summed E-state index contributed by atoms with van der Waals surface area (Å²) in [6.07, 6.45) is -1.27. The molecule has 1 amide bonds. The van der Waals surface area contributed by atoms with Gasteiger partial charge in [0.15, 0.2) is 17.0 Å². The Balaban J connectivity index is 1.88. The molecule has 3 aromatic rings. The van der Waals surface area contributed by atoms with Crippen molar-refractivity contribution in [3.05, 3.63) is 35.4 Å². The SMILES string of the molecule is Cc1nn(C)cc1-c1cc(C(F)(F)F)n2nc(C(=O)N3CCCC3)cc2n1. The van der Waals surface area contributed by atoms with Crippen molar-refractivity contribution in [3.63, 3.8) is 0 Å². The standard InChI is InChI=1S/C17H17F3N6O/c1-10-11(9-24(2)22-10)12-7-14(17(18,19)20)26-15(21-12)8-13(23-26)16(27)25-5-3-4-6-25/h7-9H,3-6H2,1-2H3. The molecule has 0 bridgehead atoms. The fraction of sp³-hybridized carbons (Fsp3) is 0.412. The van der Waals surface area contributed by atoms with E-state index in [9.17, 15) is 18.0 Å². The maximum Gasteiger partial charge on any atom is 0.433 e. The van der Waals surface area contributed by atoms with Crippen molar-refractivity contribution in [2.75, 3.05) is 13.1 Å². The molecule has 142 valence electrons. The van der Waals surface area contributed by atoms with Gasteiger partial charge < -0.3 is 4.90 Å². The van der Waals surface area contributed by atoms with Crippen LogP contribution >= 0.6 is 0 Å². The predicted octanol–water partition coefficient (Wildman–Crippen LogP) is 2.69. The summed E-state index contributed by atoms with van der Waals surface area (Å²) < 4.78 is 43.1. The molecular weight excluding hydrogens is 361 g/mol. The number of likely N-dealkylation sites (tertiary alicyclic amines) is 1. The maximum absolute atomic E-state index is 13.6. The summed E-state index contributed by atoms with van der Waals surface area (Å²) in [4.78, 5) is 18.4. The van der Waals surface area contributed by atoms with E-state index in [4.69, 9.17) is 0 Å². The Hall–Kier alpha value is -2.91. The molecule has 27 heavy (non-hydrogen) atoms. The number of fused-ring (bicyclic) bond motifs is 1.